The first kappa shape index (κ1) is 22.3. The second kappa shape index (κ2) is 10.6. The molecule has 1 aromatic heterocycles. The number of methoxy groups -OCH3 is 1. The lowest BCUT2D eigenvalue weighted by molar-refractivity contribution is 0.159. The van der Waals surface area contributed by atoms with Gasteiger partial charge in [0.05, 0.1) is 30.6 Å². The number of hydrogen-bond acceptors (Lipinski definition) is 6. The Kier molecular flexibility index (Phi) is 7.87. The van der Waals surface area contributed by atoms with Crippen LogP contribution in [0, 0.1) is 0 Å². The van der Waals surface area contributed by atoms with Crippen LogP contribution in [0.2, 0.25) is 0 Å². The molecule has 1 fully saturated rings. The average Bonchev–Trinajstić information content (AvgIpc) is 2.72. The molecule has 1 saturated heterocycles. The minimum absolute atomic E-state index is 0.0454. The van der Waals surface area contributed by atoms with Gasteiger partial charge in [-0.2, -0.15) is 5.10 Å². The zero-order valence-corrected chi connectivity index (χ0v) is 18.6. The first-order valence-electron chi connectivity index (χ1n) is 10.7. The highest BCUT2D eigenvalue weighted by atomic mass is 16.5. The maximum atomic E-state index is 12.7. The van der Waals surface area contributed by atoms with Crippen LogP contribution in [0.15, 0.2) is 41.3 Å². The first-order chi connectivity index (χ1) is 14.5. The van der Waals surface area contributed by atoms with Crippen LogP contribution in [0.5, 0.6) is 5.75 Å². The Morgan fingerprint density at radius 2 is 2.13 bits per heavy atom. The Balaban J connectivity index is 1.65. The van der Waals surface area contributed by atoms with E-state index in [1.54, 1.807) is 24.1 Å². The standard InChI is InChI=1S/C23H34N4O3/c1-18(2)30-22-9-5-7-19(13-22)16-26-10-6-8-20(17-26)27-23(28)14-21(15-24-27)25(3)11-12-29-4/h5,7,9,13-15,18,20H,6,8,10-12,16-17H2,1-4H3/t20-/m1/s1. The third-order valence-corrected chi connectivity index (χ3v) is 5.39. The van der Waals surface area contributed by atoms with Crippen molar-refractivity contribution in [3.8, 4) is 5.75 Å². The second-order valence-electron chi connectivity index (χ2n) is 8.26. The topological polar surface area (TPSA) is 59.8 Å². The summed E-state index contributed by atoms with van der Waals surface area (Å²) in [5, 5.41) is 4.49. The van der Waals surface area contributed by atoms with E-state index in [4.69, 9.17) is 9.47 Å². The Morgan fingerprint density at radius 1 is 1.30 bits per heavy atom. The van der Waals surface area contributed by atoms with E-state index < -0.39 is 0 Å². The zero-order valence-electron chi connectivity index (χ0n) is 18.6. The van der Waals surface area contributed by atoms with Gasteiger partial charge in [0.1, 0.15) is 5.75 Å². The van der Waals surface area contributed by atoms with Gasteiger partial charge in [-0.1, -0.05) is 12.1 Å². The molecule has 1 atom stereocenters. The number of likely N-dealkylation sites (tertiary alicyclic amines) is 1. The maximum absolute atomic E-state index is 12.7. The van der Waals surface area contributed by atoms with E-state index in [2.05, 4.69) is 22.1 Å². The maximum Gasteiger partial charge on any atom is 0.269 e. The van der Waals surface area contributed by atoms with Gasteiger partial charge in [-0.05, 0) is 50.9 Å². The number of rotatable bonds is 9. The normalized spacial score (nSPS) is 17.3. The highest BCUT2D eigenvalue weighted by molar-refractivity contribution is 5.41. The number of benzene rings is 1. The van der Waals surface area contributed by atoms with E-state index in [0.29, 0.717) is 6.61 Å². The number of hydrogen-bond donors (Lipinski definition) is 0. The fraction of sp³-hybridized carbons (Fsp3) is 0.565. The van der Waals surface area contributed by atoms with Crippen LogP contribution in [0.4, 0.5) is 5.69 Å². The van der Waals surface area contributed by atoms with Crippen molar-refractivity contribution >= 4 is 5.69 Å². The summed E-state index contributed by atoms with van der Waals surface area (Å²) < 4.78 is 12.6. The van der Waals surface area contributed by atoms with Gasteiger partial charge in [0.25, 0.3) is 5.56 Å². The van der Waals surface area contributed by atoms with Gasteiger partial charge in [0.2, 0.25) is 0 Å². The molecular weight excluding hydrogens is 380 g/mol. The third kappa shape index (κ3) is 6.06. The van der Waals surface area contributed by atoms with Gasteiger partial charge in [-0.15, -0.1) is 0 Å². The summed E-state index contributed by atoms with van der Waals surface area (Å²) >= 11 is 0. The number of ether oxygens (including phenoxy) is 2. The highest BCUT2D eigenvalue weighted by Crippen LogP contribution is 2.23. The second-order valence-corrected chi connectivity index (χ2v) is 8.26. The molecule has 7 heteroatoms. The molecule has 0 spiro atoms. The highest BCUT2D eigenvalue weighted by Gasteiger charge is 2.23. The van der Waals surface area contributed by atoms with Gasteiger partial charge in [0.15, 0.2) is 0 Å². The molecule has 3 rings (SSSR count). The molecule has 2 aromatic rings. The summed E-state index contributed by atoms with van der Waals surface area (Å²) in [4.78, 5) is 17.1. The Bertz CT molecular complexity index is 868. The Morgan fingerprint density at radius 3 is 2.87 bits per heavy atom. The van der Waals surface area contributed by atoms with Crippen molar-refractivity contribution in [2.45, 2.75) is 45.4 Å². The lowest BCUT2D eigenvalue weighted by Crippen LogP contribution is -2.40. The molecule has 7 nitrogen and oxygen atoms in total. The Hall–Kier alpha value is -2.38. The molecule has 0 N–H and O–H groups in total. The van der Waals surface area contributed by atoms with E-state index in [9.17, 15) is 4.79 Å². The fourth-order valence-corrected chi connectivity index (χ4v) is 3.87. The van der Waals surface area contributed by atoms with Crippen LogP contribution in [0.25, 0.3) is 0 Å². The minimum Gasteiger partial charge on any atom is -0.491 e. The van der Waals surface area contributed by atoms with E-state index in [1.165, 1.54) is 5.56 Å². The number of nitrogens with zero attached hydrogens (tertiary/aromatic N) is 4. The quantitative estimate of drug-likeness (QED) is 0.629. The lowest BCUT2D eigenvalue weighted by Gasteiger charge is -2.33. The van der Waals surface area contributed by atoms with Gasteiger partial charge in [-0.25, -0.2) is 4.68 Å². The van der Waals surface area contributed by atoms with E-state index in [-0.39, 0.29) is 17.7 Å². The molecule has 2 heterocycles. The predicted octanol–water partition coefficient (Wildman–Crippen LogP) is 2.95. The molecule has 30 heavy (non-hydrogen) atoms. The van der Waals surface area contributed by atoms with Crippen molar-refractivity contribution in [3.05, 3.63) is 52.4 Å². The van der Waals surface area contributed by atoms with Crippen molar-refractivity contribution in [1.82, 2.24) is 14.7 Å². The molecule has 164 valence electrons. The number of aromatic nitrogens is 2. The van der Waals surface area contributed by atoms with Crippen LogP contribution in [-0.2, 0) is 11.3 Å². The summed E-state index contributed by atoms with van der Waals surface area (Å²) in [6.07, 6.45) is 3.96. The molecule has 0 bridgehead atoms. The first-order valence-corrected chi connectivity index (χ1v) is 10.7. The monoisotopic (exact) mass is 414 g/mol. The van der Waals surface area contributed by atoms with Crippen LogP contribution in [0.1, 0.15) is 38.3 Å². The number of piperidine rings is 1. The van der Waals surface area contributed by atoms with Crippen molar-refractivity contribution in [3.63, 3.8) is 0 Å². The molecule has 0 saturated carbocycles. The fourth-order valence-electron chi connectivity index (χ4n) is 3.87. The molecule has 1 aliphatic rings. The third-order valence-electron chi connectivity index (χ3n) is 5.39. The lowest BCUT2D eigenvalue weighted by atomic mass is 10.0. The summed E-state index contributed by atoms with van der Waals surface area (Å²) in [7, 11) is 3.62. The van der Waals surface area contributed by atoms with Gasteiger partial charge >= 0.3 is 0 Å². The molecule has 0 radical (unpaired) electrons. The molecule has 1 aromatic carbocycles. The summed E-state index contributed by atoms with van der Waals surface area (Å²) in [6.45, 7) is 8.09. The van der Waals surface area contributed by atoms with Crippen LogP contribution in [0.3, 0.4) is 0 Å². The summed E-state index contributed by atoms with van der Waals surface area (Å²) in [5.74, 6) is 0.905. The van der Waals surface area contributed by atoms with Crippen molar-refractivity contribution in [1.29, 1.82) is 0 Å². The van der Waals surface area contributed by atoms with Gasteiger partial charge < -0.3 is 14.4 Å². The predicted molar refractivity (Wildman–Crippen MR) is 119 cm³/mol. The average molecular weight is 415 g/mol. The van der Waals surface area contributed by atoms with E-state index in [0.717, 1.165) is 50.5 Å². The number of anilines is 1. The van der Waals surface area contributed by atoms with Crippen molar-refractivity contribution in [2.75, 3.05) is 45.3 Å². The van der Waals surface area contributed by atoms with Crippen LogP contribution in [-0.4, -0.2) is 61.2 Å². The summed E-state index contributed by atoms with van der Waals surface area (Å²) in [6, 6.07) is 10.1. The number of likely N-dealkylation sites (N-methyl/N-ethyl adjacent to an activating group) is 1. The van der Waals surface area contributed by atoms with E-state index >= 15 is 0 Å². The van der Waals surface area contributed by atoms with E-state index in [1.807, 2.05) is 37.9 Å². The van der Waals surface area contributed by atoms with Gasteiger partial charge in [0, 0.05) is 39.9 Å². The van der Waals surface area contributed by atoms with Gasteiger partial charge in [-0.3, -0.25) is 9.69 Å². The summed E-state index contributed by atoms with van der Waals surface area (Å²) in [5.41, 5.74) is 2.00. The van der Waals surface area contributed by atoms with Crippen LogP contribution >= 0.6 is 0 Å². The molecule has 0 amide bonds. The van der Waals surface area contributed by atoms with Crippen LogP contribution < -0.4 is 15.2 Å². The minimum atomic E-state index is -0.0454. The molecule has 1 aliphatic heterocycles. The zero-order chi connectivity index (χ0) is 21.5. The molecule has 0 aliphatic carbocycles. The molecule has 0 unspecified atom stereocenters. The molecular formula is C23H34N4O3. The smallest absolute Gasteiger partial charge is 0.269 e. The Labute approximate surface area is 179 Å². The van der Waals surface area contributed by atoms with Crippen molar-refractivity contribution < 1.29 is 9.47 Å². The SMILES string of the molecule is COCCN(C)c1cnn([C@@H]2CCCN(Cc3cccc(OC(C)C)c3)C2)c(=O)c1. The van der Waals surface area contributed by atoms with Crippen molar-refractivity contribution in [2.24, 2.45) is 0 Å². The largest absolute Gasteiger partial charge is 0.491 e.